The third-order valence-corrected chi connectivity index (χ3v) is 2.92. The van der Waals surface area contributed by atoms with Crippen molar-refractivity contribution in [3.63, 3.8) is 0 Å². The van der Waals surface area contributed by atoms with Crippen molar-refractivity contribution >= 4 is 27.7 Å². The van der Waals surface area contributed by atoms with Crippen LogP contribution in [0.4, 0.5) is 0 Å². The number of likely N-dealkylation sites (N-methyl/N-ethyl adjacent to an activating group) is 1. The van der Waals surface area contributed by atoms with Crippen LogP contribution >= 0.6 is 15.9 Å². The second kappa shape index (κ2) is 7.16. The van der Waals surface area contributed by atoms with Gasteiger partial charge >= 0.3 is 0 Å². The second-order valence-electron chi connectivity index (χ2n) is 4.02. The molecule has 0 radical (unpaired) electrons. The van der Waals surface area contributed by atoms with E-state index in [9.17, 15) is 9.59 Å². The predicted octanol–water partition coefficient (Wildman–Crippen LogP) is 2.05. The molecule has 4 nitrogen and oxygen atoms in total. The van der Waals surface area contributed by atoms with Crippen molar-refractivity contribution in [2.45, 2.75) is 13.3 Å². The van der Waals surface area contributed by atoms with E-state index in [2.05, 4.69) is 21.2 Å². The lowest BCUT2D eigenvalue weighted by Gasteiger charge is -2.16. The smallest absolute Gasteiger partial charge is 0.254 e. The average molecular weight is 313 g/mol. The van der Waals surface area contributed by atoms with Crippen molar-refractivity contribution < 1.29 is 9.59 Å². The number of carbonyl (C=O) groups excluding carboxylic acids is 2. The summed E-state index contributed by atoms with van der Waals surface area (Å²) in [5.74, 6) is -0.293. The van der Waals surface area contributed by atoms with Gasteiger partial charge in [0.1, 0.15) is 0 Å². The molecule has 1 aromatic rings. The van der Waals surface area contributed by atoms with Crippen molar-refractivity contribution in [1.82, 2.24) is 10.2 Å². The molecule has 0 aliphatic carbocycles. The molecule has 1 N–H and O–H groups in total. The average Bonchev–Trinajstić information content (AvgIpc) is 2.36. The van der Waals surface area contributed by atoms with E-state index in [0.29, 0.717) is 12.1 Å². The fourth-order valence-corrected chi connectivity index (χ4v) is 1.68. The Hall–Kier alpha value is -1.36. The highest BCUT2D eigenvalue weighted by Crippen LogP contribution is 2.11. The summed E-state index contributed by atoms with van der Waals surface area (Å²) >= 11 is 3.31. The van der Waals surface area contributed by atoms with E-state index in [-0.39, 0.29) is 18.4 Å². The van der Waals surface area contributed by atoms with Crippen LogP contribution in [0.1, 0.15) is 23.7 Å². The number of hydrogen-bond donors (Lipinski definition) is 1. The molecule has 0 heterocycles. The standard InChI is InChI=1S/C13H17BrN2O2/c1-3-8-15-12(17)9-16(2)13(18)10-4-6-11(14)7-5-10/h4-7H,3,8-9H2,1-2H3,(H,15,17). The number of halogens is 1. The first-order valence-corrected chi connectivity index (χ1v) is 6.61. The SMILES string of the molecule is CCCNC(=O)CN(C)C(=O)c1ccc(Br)cc1. The molecular formula is C13H17BrN2O2. The summed E-state index contributed by atoms with van der Waals surface area (Å²) in [7, 11) is 1.62. The molecule has 18 heavy (non-hydrogen) atoms. The van der Waals surface area contributed by atoms with Crippen molar-refractivity contribution in [1.29, 1.82) is 0 Å². The maximum atomic E-state index is 12.0. The number of carbonyl (C=O) groups is 2. The Balaban J connectivity index is 2.56. The van der Waals surface area contributed by atoms with Gasteiger partial charge in [0, 0.05) is 23.6 Å². The van der Waals surface area contributed by atoms with Crippen LogP contribution in [-0.4, -0.2) is 36.9 Å². The van der Waals surface area contributed by atoms with Crippen molar-refractivity contribution in [3.8, 4) is 0 Å². The van der Waals surface area contributed by atoms with Gasteiger partial charge in [0.05, 0.1) is 6.54 Å². The number of benzene rings is 1. The summed E-state index contributed by atoms with van der Waals surface area (Å²) in [5.41, 5.74) is 0.573. The molecule has 2 amide bonds. The molecule has 0 aliphatic rings. The van der Waals surface area contributed by atoms with Crippen LogP contribution in [0.3, 0.4) is 0 Å². The summed E-state index contributed by atoms with van der Waals surface area (Å²) in [6.07, 6.45) is 0.885. The van der Waals surface area contributed by atoms with Gasteiger partial charge in [-0.1, -0.05) is 22.9 Å². The molecule has 0 saturated carbocycles. The van der Waals surface area contributed by atoms with E-state index >= 15 is 0 Å². The van der Waals surface area contributed by atoms with Gasteiger partial charge in [-0.2, -0.15) is 0 Å². The first kappa shape index (κ1) is 14.7. The molecule has 98 valence electrons. The van der Waals surface area contributed by atoms with Crippen LogP contribution < -0.4 is 5.32 Å². The highest BCUT2D eigenvalue weighted by Gasteiger charge is 2.14. The lowest BCUT2D eigenvalue weighted by Crippen LogP contribution is -2.38. The third-order valence-electron chi connectivity index (χ3n) is 2.39. The minimum absolute atomic E-state index is 0.0783. The summed E-state index contributed by atoms with van der Waals surface area (Å²) in [5, 5.41) is 2.74. The van der Waals surface area contributed by atoms with Crippen LogP contribution in [-0.2, 0) is 4.79 Å². The molecule has 0 saturated heterocycles. The van der Waals surface area contributed by atoms with Gasteiger partial charge in [0.15, 0.2) is 0 Å². The summed E-state index contributed by atoms with van der Waals surface area (Å²) in [4.78, 5) is 24.9. The van der Waals surface area contributed by atoms with E-state index in [0.717, 1.165) is 10.9 Å². The fourth-order valence-electron chi connectivity index (χ4n) is 1.42. The molecule has 0 aromatic heterocycles. The first-order chi connectivity index (χ1) is 8.54. The van der Waals surface area contributed by atoms with Gasteiger partial charge < -0.3 is 10.2 Å². The number of amides is 2. The number of rotatable bonds is 5. The van der Waals surface area contributed by atoms with E-state index in [4.69, 9.17) is 0 Å². The number of nitrogens with zero attached hydrogens (tertiary/aromatic N) is 1. The maximum absolute atomic E-state index is 12.0. The van der Waals surface area contributed by atoms with Crippen LogP contribution in [0, 0.1) is 0 Å². The molecule has 5 heteroatoms. The van der Waals surface area contributed by atoms with E-state index < -0.39 is 0 Å². The van der Waals surface area contributed by atoms with Gasteiger partial charge in [-0.3, -0.25) is 9.59 Å². The molecule has 0 fully saturated rings. The fraction of sp³-hybridized carbons (Fsp3) is 0.385. The minimum atomic E-state index is -0.158. The van der Waals surface area contributed by atoms with Crippen LogP contribution in [0.5, 0.6) is 0 Å². The van der Waals surface area contributed by atoms with Crippen molar-refractivity contribution in [2.24, 2.45) is 0 Å². The lowest BCUT2D eigenvalue weighted by molar-refractivity contribution is -0.121. The molecule has 0 atom stereocenters. The van der Waals surface area contributed by atoms with Gasteiger partial charge in [-0.05, 0) is 30.7 Å². The zero-order chi connectivity index (χ0) is 13.5. The van der Waals surface area contributed by atoms with E-state index in [1.54, 1.807) is 31.3 Å². The minimum Gasteiger partial charge on any atom is -0.355 e. The van der Waals surface area contributed by atoms with Gasteiger partial charge in [0.25, 0.3) is 5.91 Å². The highest BCUT2D eigenvalue weighted by atomic mass is 79.9. The summed E-state index contributed by atoms with van der Waals surface area (Å²) in [6.45, 7) is 2.70. The Bertz CT molecular complexity index is 418. The molecule has 1 rings (SSSR count). The zero-order valence-corrected chi connectivity index (χ0v) is 12.2. The first-order valence-electron chi connectivity index (χ1n) is 5.82. The van der Waals surface area contributed by atoms with Gasteiger partial charge in [0.2, 0.25) is 5.91 Å². The van der Waals surface area contributed by atoms with Gasteiger partial charge in [-0.25, -0.2) is 0 Å². The largest absolute Gasteiger partial charge is 0.355 e. The van der Waals surface area contributed by atoms with E-state index in [1.807, 2.05) is 6.92 Å². The second-order valence-corrected chi connectivity index (χ2v) is 4.93. The monoisotopic (exact) mass is 312 g/mol. The number of nitrogens with one attached hydrogen (secondary N) is 1. The maximum Gasteiger partial charge on any atom is 0.254 e. The molecular weight excluding hydrogens is 296 g/mol. The van der Waals surface area contributed by atoms with Crippen LogP contribution in [0.15, 0.2) is 28.7 Å². The third kappa shape index (κ3) is 4.49. The molecule has 0 aliphatic heterocycles. The molecule has 0 unspecified atom stereocenters. The molecule has 1 aromatic carbocycles. The molecule has 0 spiro atoms. The Kier molecular flexibility index (Phi) is 5.85. The number of hydrogen-bond acceptors (Lipinski definition) is 2. The van der Waals surface area contributed by atoms with E-state index in [1.165, 1.54) is 4.90 Å². The quantitative estimate of drug-likeness (QED) is 0.904. The molecule has 0 bridgehead atoms. The summed E-state index contributed by atoms with van der Waals surface area (Å²) < 4.78 is 0.919. The normalized spacial score (nSPS) is 9.94. The van der Waals surface area contributed by atoms with Crippen LogP contribution in [0.25, 0.3) is 0 Å². The topological polar surface area (TPSA) is 49.4 Å². The zero-order valence-electron chi connectivity index (χ0n) is 10.6. The van der Waals surface area contributed by atoms with Crippen LogP contribution in [0.2, 0.25) is 0 Å². The Morgan fingerprint density at radius 2 is 1.89 bits per heavy atom. The Labute approximate surface area is 115 Å². The van der Waals surface area contributed by atoms with Crippen molar-refractivity contribution in [3.05, 3.63) is 34.3 Å². The van der Waals surface area contributed by atoms with Crippen molar-refractivity contribution in [2.75, 3.05) is 20.1 Å². The predicted molar refractivity (Wildman–Crippen MR) is 74.4 cm³/mol. The Morgan fingerprint density at radius 3 is 2.44 bits per heavy atom. The lowest BCUT2D eigenvalue weighted by atomic mass is 10.2. The van der Waals surface area contributed by atoms with Gasteiger partial charge in [-0.15, -0.1) is 0 Å². The Morgan fingerprint density at radius 1 is 1.28 bits per heavy atom. The highest BCUT2D eigenvalue weighted by molar-refractivity contribution is 9.10. The summed E-state index contributed by atoms with van der Waals surface area (Å²) in [6, 6.07) is 7.07.